The number of carbonyl (C=O) groups is 1. The Balaban J connectivity index is 1.78. The summed E-state index contributed by atoms with van der Waals surface area (Å²) >= 11 is 3.40. The van der Waals surface area contributed by atoms with Gasteiger partial charge in [-0.3, -0.25) is 4.79 Å². The molecule has 3 nitrogen and oxygen atoms in total. The summed E-state index contributed by atoms with van der Waals surface area (Å²) in [5.41, 5.74) is 1.81. The maximum Gasteiger partial charge on any atom is 0.251 e. The van der Waals surface area contributed by atoms with Crippen LogP contribution in [0.1, 0.15) is 34.8 Å². The first kappa shape index (κ1) is 15.1. The molecule has 0 heterocycles. The first-order valence-corrected chi connectivity index (χ1v) is 8.17. The standard InChI is InChI=1S/C18H18BrNO2/c1-22-16-9-7-13(8-10-16)17(12-5-6-12)20-18(21)14-3-2-4-15(19)11-14/h2-4,7-12,17H,5-6H2,1H3,(H,20,21). The fourth-order valence-electron chi connectivity index (χ4n) is 2.57. The lowest BCUT2D eigenvalue weighted by atomic mass is 10.0. The smallest absolute Gasteiger partial charge is 0.251 e. The van der Waals surface area contributed by atoms with Crippen molar-refractivity contribution in [3.63, 3.8) is 0 Å². The third-order valence-electron chi connectivity index (χ3n) is 3.94. The molecule has 1 N–H and O–H groups in total. The zero-order chi connectivity index (χ0) is 15.5. The summed E-state index contributed by atoms with van der Waals surface area (Å²) in [4.78, 5) is 12.5. The lowest BCUT2D eigenvalue weighted by Gasteiger charge is -2.19. The number of amides is 1. The van der Waals surface area contributed by atoms with Gasteiger partial charge in [0.1, 0.15) is 5.75 Å². The molecule has 0 radical (unpaired) electrons. The van der Waals surface area contributed by atoms with E-state index in [2.05, 4.69) is 21.2 Å². The normalized spacial score (nSPS) is 15.2. The first-order chi connectivity index (χ1) is 10.7. The van der Waals surface area contributed by atoms with Crippen molar-refractivity contribution < 1.29 is 9.53 Å². The predicted octanol–water partition coefficient (Wildman–Crippen LogP) is 4.34. The summed E-state index contributed by atoms with van der Waals surface area (Å²) in [7, 11) is 1.66. The largest absolute Gasteiger partial charge is 0.497 e. The molecule has 0 bridgehead atoms. The van der Waals surface area contributed by atoms with Gasteiger partial charge in [-0.25, -0.2) is 0 Å². The Bertz CT molecular complexity index is 665. The maximum atomic E-state index is 12.5. The Labute approximate surface area is 138 Å². The molecule has 1 fully saturated rings. The Morgan fingerprint density at radius 2 is 1.95 bits per heavy atom. The van der Waals surface area contributed by atoms with E-state index in [1.54, 1.807) is 7.11 Å². The Kier molecular flexibility index (Phi) is 4.48. The summed E-state index contributed by atoms with van der Waals surface area (Å²) in [6, 6.07) is 15.5. The van der Waals surface area contributed by atoms with Gasteiger partial charge in [-0.2, -0.15) is 0 Å². The SMILES string of the molecule is COc1ccc(C(NC(=O)c2cccc(Br)c2)C2CC2)cc1. The van der Waals surface area contributed by atoms with E-state index in [0.29, 0.717) is 11.5 Å². The summed E-state index contributed by atoms with van der Waals surface area (Å²) in [6.45, 7) is 0. The van der Waals surface area contributed by atoms with Crippen LogP contribution in [0.25, 0.3) is 0 Å². The van der Waals surface area contributed by atoms with Crippen LogP contribution >= 0.6 is 15.9 Å². The average Bonchev–Trinajstić information content (AvgIpc) is 3.37. The van der Waals surface area contributed by atoms with Crippen LogP contribution < -0.4 is 10.1 Å². The van der Waals surface area contributed by atoms with Crippen molar-refractivity contribution >= 4 is 21.8 Å². The van der Waals surface area contributed by atoms with Crippen LogP contribution in [0.5, 0.6) is 5.75 Å². The van der Waals surface area contributed by atoms with Gasteiger partial charge in [0.15, 0.2) is 0 Å². The van der Waals surface area contributed by atoms with Crippen LogP contribution in [0.3, 0.4) is 0 Å². The van der Waals surface area contributed by atoms with Crippen LogP contribution in [0.4, 0.5) is 0 Å². The molecule has 0 saturated heterocycles. The van der Waals surface area contributed by atoms with Crippen molar-refractivity contribution in [3.8, 4) is 5.75 Å². The van der Waals surface area contributed by atoms with Gasteiger partial charge in [0.2, 0.25) is 0 Å². The molecule has 22 heavy (non-hydrogen) atoms. The second-order valence-electron chi connectivity index (χ2n) is 5.57. The third kappa shape index (κ3) is 3.50. The quantitative estimate of drug-likeness (QED) is 0.862. The molecule has 2 aromatic rings. The van der Waals surface area contributed by atoms with Crippen LogP contribution in [0.15, 0.2) is 53.0 Å². The number of ether oxygens (including phenoxy) is 1. The predicted molar refractivity (Wildman–Crippen MR) is 90.1 cm³/mol. The van der Waals surface area contributed by atoms with E-state index in [-0.39, 0.29) is 11.9 Å². The molecule has 114 valence electrons. The highest BCUT2D eigenvalue weighted by Crippen LogP contribution is 2.41. The minimum atomic E-state index is -0.0333. The lowest BCUT2D eigenvalue weighted by molar-refractivity contribution is 0.0931. The number of rotatable bonds is 5. The molecule has 4 heteroatoms. The van der Waals surface area contributed by atoms with Gasteiger partial charge in [0.05, 0.1) is 13.2 Å². The second-order valence-corrected chi connectivity index (χ2v) is 6.49. The summed E-state index contributed by atoms with van der Waals surface area (Å²) in [6.07, 6.45) is 2.32. The first-order valence-electron chi connectivity index (χ1n) is 7.38. The van der Waals surface area contributed by atoms with Crippen molar-refractivity contribution in [2.24, 2.45) is 5.92 Å². The summed E-state index contributed by atoms with van der Waals surface area (Å²) < 4.78 is 6.11. The highest BCUT2D eigenvalue weighted by atomic mass is 79.9. The number of nitrogens with one attached hydrogen (secondary N) is 1. The number of halogens is 1. The van der Waals surface area contributed by atoms with Crippen LogP contribution in [-0.2, 0) is 0 Å². The van der Waals surface area contributed by atoms with Gasteiger partial charge in [0, 0.05) is 10.0 Å². The number of benzene rings is 2. The Morgan fingerprint density at radius 1 is 1.23 bits per heavy atom. The monoisotopic (exact) mass is 359 g/mol. The Hall–Kier alpha value is -1.81. The lowest BCUT2D eigenvalue weighted by Crippen LogP contribution is -2.29. The molecule has 1 saturated carbocycles. The number of hydrogen-bond donors (Lipinski definition) is 1. The van der Waals surface area contributed by atoms with Gasteiger partial charge in [0.25, 0.3) is 5.91 Å². The molecule has 0 aliphatic heterocycles. The molecule has 1 aliphatic carbocycles. The molecule has 0 aromatic heterocycles. The number of methoxy groups -OCH3 is 1. The van der Waals surface area contributed by atoms with E-state index < -0.39 is 0 Å². The minimum absolute atomic E-state index is 0.0333. The number of hydrogen-bond acceptors (Lipinski definition) is 2. The van der Waals surface area contributed by atoms with E-state index in [4.69, 9.17) is 4.74 Å². The molecule has 0 spiro atoms. The molecule has 1 aliphatic rings. The molecule has 2 aromatic carbocycles. The van der Waals surface area contributed by atoms with Gasteiger partial charge in [-0.05, 0) is 54.7 Å². The van der Waals surface area contributed by atoms with Gasteiger partial charge in [-0.1, -0.05) is 34.1 Å². The highest BCUT2D eigenvalue weighted by molar-refractivity contribution is 9.10. The van der Waals surface area contributed by atoms with Crippen molar-refractivity contribution in [2.45, 2.75) is 18.9 Å². The minimum Gasteiger partial charge on any atom is -0.497 e. The van der Waals surface area contributed by atoms with Crippen LogP contribution in [-0.4, -0.2) is 13.0 Å². The zero-order valence-corrected chi connectivity index (χ0v) is 14.0. The maximum absolute atomic E-state index is 12.5. The van der Waals surface area contributed by atoms with E-state index in [0.717, 1.165) is 28.6 Å². The average molecular weight is 360 g/mol. The topological polar surface area (TPSA) is 38.3 Å². The van der Waals surface area contributed by atoms with E-state index in [9.17, 15) is 4.79 Å². The third-order valence-corrected chi connectivity index (χ3v) is 4.43. The van der Waals surface area contributed by atoms with Crippen LogP contribution in [0.2, 0.25) is 0 Å². The highest BCUT2D eigenvalue weighted by Gasteiger charge is 2.33. The van der Waals surface area contributed by atoms with Crippen LogP contribution in [0, 0.1) is 5.92 Å². The van der Waals surface area contributed by atoms with E-state index in [1.807, 2.05) is 48.5 Å². The fourth-order valence-corrected chi connectivity index (χ4v) is 2.97. The van der Waals surface area contributed by atoms with Crippen molar-refractivity contribution in [3.05, 3.63) is 64.1 Å². The molecular formula is C18H18BrNO2. The van der Waals surface area contributed by atoms with Crippen molar-refractivity contribution in [2.75, 3.05) is 7.11 Å². The van der Waals surface area contributed by atoms with Crippen molar-refractivity contribution in [1.29, 1.82) is 0 Å². The zero-order valence-electron chi connectivity index (χ0n) is 12.4. The Morgan fingerprint density at radius 3 is 2.55 bits per heavy atom. The van der Waals surface area contributed by atoms with E-state index in [1.165, 1.54) is 0 Å². The molecule has 3 rings (SSSR count). The summed E-state index contributed by atoms with van der Waals surface area (Å²) in [5.74, 6) is 1.33. The summed E-state index contributed by atoms with van der Waals surface area (Å²) in [5, 5.41) is 3.18. The molecular weight excluding hydrogens is 342 g/mol. The molecule has 1 amide bonds. The van der Waals surface area contributed by atoms with Gasteiger partial charge in [-0.15, -0.1) is 0 Å². The van der Waals surface area contributed by atoms with Gasteiger partial charge >= 0.3 is 0 Å². The second kappa shape index (κ2) is 6.53. The fraction of sp³-hybridized carbons (Fsp3) is 0.278. The molecule has 1 unspecified atom stereocenters. The van der Waals surface area contributed by atoms with E-state index >= 15 is 0 Å². The number of carbonyl (C=O) groups excluding carboxylic acids is 1. The molecule has 1 atom stereocenters. The van der Waals surface area contributed by atoms with Gasteiger partial charge < -0.3 is 10.1 Å². The van der Waals surface area contributed by atoms with Crippen molar-refractivity contribution in [1.82, 2.24) is 5.32 Å².